The van der Waals surface area contributed by atoms with Gasteiger partial charge in [-0.15, -0.1) is 0 Å². The molecule has 0 bridgehead atoms. The second-order valence-corrected chi connectivity index (χ2v) is 6.03. The van der Waals surface area contributed by atoms with Crippen molar-refractivity contribution in [1.82, 2.24) is 15.3 Å². The summed E-state index contributed by atoms with van der Waals surface area (Å²) in [5.74, 6) is -0.0278. The minimum absolute atomic E-state index is 0.246. The highest BCUT2D eigenvalue weighted by atomic mass is 19.1. The molecule has 3 aromatic carbocycles. The third-order valence-corrected chi connectivity index (χ3v) is 4.11. The Morgan fingerprint density at radius 1 is 0.926 bits per heavy atom. The lowest BCUT2D eigenvalue weighted by molar-refractivity contribution is 0.0973. The number of hydrogen-bond acceptors (Lipinski definition) is 2. The van der Waals surface area contributed by atoms with E-state index < -0.39 is 0 Å². The molecule has 0 saturated heterocycles. The Bertz CT molecular complexity index is 1080. The third-order valence-electron chi connectivity index (χ3n) is 4.11. The number of amides is 1. The first-order valence-corrected chi connectivity index (χ1v) is 8.48. The number of benzene rings is 3. The van der Waals surface area contributed by atoms with E-state index in [2.05, 4.69) is 15.3 Å². The van der Waals surface area contributed by atoms with E-state index in [1.807, 2.05) is 30.3 Å². The first kappa shape index (κ1) is 16.7. The van der Waals surface area contributed by atoms with Crippen molar-refractivity contribution in [2.24, 2.45) is 0 Å². The Hall–Kier alpha value is -3.73. The molecule has 1 amide bonds. The molecule has 0 aliphatic carbocycles. The highest BCUT2D eigenvalue weighted by Gasteiger charge is 2.13. The van der Waals surface area contributed by atoms with Crippen LogP contribution in [-0.2, 0) is 0 Å². The van der Waals surface area contributed by atoms with E-state index in [0.29, 0.717) is 17.1 Å². The Morgan fingerprint density at radius 3 is 2.37 bits per heavy atom. The number of aromatic amines is 1. The van der Waals surface area contributed by atoms with Gasteiger partial charge < -0.3 is 10.3 Å². The molecule has 4 nitrogen and oxygen atoms in total. The molecular formula is C22H16FN3O. The molecule has 4 rings (SSSR count). The maximum Gasteiger partial charge on any atom is 0.255 e. The van der Waals surface area contributed by atoms with E-state index in [0.717, 1.165) is 16.6 Å². The molecule has 2 N–H and O–H groups in total. The van der Waals surface area contributed by atoms with Crippen LogP contribution in [0.25, 0.3) is 22.8 Å². The quantitative estimate of drug-likeness (QED) is 0.559. The standard InChI is InChI=1S/C22H16FN3O/c23-17-12-10-15(11-13-17)14-20(26-22(27)16-6-2-1-3-7-16)21-24-18-8-4-5-9-19(18)25-21/h1-14H,(H,24,25)(H,26,27)/b20-14+. The molecule has 0 unspecified atom stereocenters. The van der Waals surface area contributed by atoms with Gasteiger partial charge >= 0.3 is 0 Å². The van der Waals surface area contributed by atoms with E-state index in [-0.39, 0.29) is 11.7 Å². The maximum absolute atomic E-state index is 13.2. The van der Waals surface area contributed by atoms with Gasteiger partial charge in [0.05, 0.1) is 16.7 Å². The third kappa shape index (κ3) is 3.77. The number of carbonyl (C=O) groups excluding carboxylic acids is 1. The summed E-state index contributed by atoms with van der Waals surface area (Å²) in [6.45, 7) is 0. The van der Waals surface area contributed by atoms with Gasteiger partial charge in [0.15, 0.2) is 5.82 Å². The predicted molar refractivity (Wildman–Crippen MR) is 104 cm³/mol. The number of para-hydroxylation sites is 2. The van der Waals surface area contributed by atoms with Gasteiger partial charge in [-0.1, -0.05) is 42.5 Å². The smallest absolute Gasteiger partial charge is 0.255 e. The molecule has 0 saturated carbocycles. The summed E-state index contributed by atoms with van der Waals surface area (Å²) in [7, 11) is 0. The van der Waals surface area contributed by atoms with Crippen LogP contribution in [0.5, 0.6) is 0 Å². The zero-order chi connectivity index (χ0) is 18.6. The Labute approximate surface area is 155 Å². The van der Waals surface area contributed by atoms with Gasteiger partial charge in [-0.2, -0.15) is 0 Å². The van der Waals surface area contributed by atoms with Crippen LogP contribution in [0.4, 0.5) is 4.39 Å². The van der Waals surface area contributed by atoms with Crippen LogP contribution in [0.2, 0.25) is 0 Å². The van der Waals surface area contributed by atoms with E-state index in [9.17, 15) is 9.18 Å². The molecule has 5 heteroatoms. The van der Waals surface area contributed by atoms with Crippen LogP contribution in [0.15, 0.2) is 78.9 Å². The summed E-state index contributed by atoms with van der Waals surface area (Å²) in [4.78, 5) is 20.4. The summed E-state index contributed by atoms with van der Waals surface area (Å²) >= 11 is 0. The van der Waals surface area contributed by atoms with E-state index in [4.69, 9.17) is 0 Å². The zero-order valence-corrected chi connectivity index (χ0v) is 14.3. The molecule has 27 heavy (non-hydrogen) atoms. The summed E-state index contributed by atoms with van der Waals surface area (Å²) in [5, 5.41) is 2.91. The minimum atomic E-state index is -0.314. The number of imidazole rings is 1. The first-order valence-electron chi connectivity index (χ1n) is 8.48. The van der Waals surface area contributed by atoms with Crippen molar-refractivity contribution >= 4 is 28.7 Å². The van der Waals surface area contributed by atoms with Crippen LogP contribution in [0, 0.1) is 5.82 Å². The second-order valence-electron chi connectivity index (χ2n) is 6.03. The van der Waals surface area contributed by atoms with Crippen molar-refractivity contribution in [3.8, 4) is 0 Å². The number of hydrogen-bond donors (Lipinski definition) is 2. The first-order chi connectivity index (χ1) is 13.2. The topological polar surface area (TPSA) is 57.8 Å². The number of H-pyrrole nitrogens is 1. The van der Waals surface area contributed by atoms with Crippen LogP contribution >= 0.6 is 0 Å². The van der Waals surface area contributed by atoms with Crippen molar-refractivity contribution in [2.45, 2.75) is 0 Å². The van der Waals surface area contributed by atoms with Crippen LogP contribution in [0.1, 0.15) is 21.7 Å². The monoisotopic (exact) mass is 357 g/mol. The fourth-order valence-electron chi connectivity index (χ4n) is 2.75. The largest absolute Gasteiger partial charge is 0.337 e. The van der Waals surface area contributed by atoms with Gasteiger partial charge in [0.2, 0.25) is 0 Å². The summed E-state index contributed by atoms with van der Waals surface area (Å²) < 4.78 is 13.2. The lowest BCUT2D eigenvalue weighted by Gasteiger charge is -2.08. The molecule has 0 radical (unpaired) electrons. The molecule has 0 atom stereocenters. The van der Waals surface area contributed by atoms with Gasteiger partial charge in [-0.3, -0.25) is 4.79 Å². The maximum atomic E-state index is 13.2. The summed E-state index contributed by atoms with van der Waals surface area (Å²) in [6.07, 6.45) is 1.76. The molecule has 0 spiro atoms. The lowest BCUT2D eigenvalue weighted by Crippen LogP contribution is -2.22. The van der Waals surface area contributed by atoms with Gasteiger partial charge in [0, 0.05) is 5.56 Å². The minimum Gasteiger partial charge on any atom is -0.337 e. The molecule has 0 fully saturated rings. The average Bonchev–Trinajstić information content (AvgIpc) is 3.14. The summed E-state index contributed by atoms with van der Waals surface area (Å²) in [6, 6.07) is 22.6. The van der Waals surface area contributed by atoms with Crippen molar-refractivity contribution < 1.29 is 9.18 Å². The van der Waals surface area contributed by atoms with Crippen molar-refractivity contribution in [2.75, 3.05) is 0 Å². The van der Waals surface area contributed by atoms with E-state index in [1.54, 1.807) is 42.5 Å². The Morgan fingerprint density at radius 2 is 1.63 bits per heavy atom. The SMILES string of the molecule is O=C(N/C(=C/c1ccc(F)cc1)c1nc2ccccc2[nH]1)c1ccccc1. The number of rotatable bonds is 4. The van der Waals surface area contributed by atoms with Crippen LogP contribution in [-0.4, -0.2) is 15.9 Å². The van der Waals surface area contributed by atoms with Crippen molar-refractivity contribution in [1.29, 1.82) is 0 Å². The Kier molecular flexibility index (Phi) is 4.49. The van der Waals surface area contributed by atoms with Gasteiger partial charge in [-0.05, 0) is 48.0 Å². The molecule has 0 aliphatic rings. The fourth-order valence-corrected chi connectivity index (χ4v) is 2.75. The fraction of sp³-hybridized carbons (Fsp3) is 0. The normalized spacial score (nSPS) is 11.5. The molecule has 4 aromatic rings. The average molecular weight is 357 g/mol. The number of aromatic nitrogens is 2. The number of fused-ring (bicyclic) bond motifs is 1. The van der Waals surface area contributed by atoms with Crippen LogP contribution < -0.4 is 5.32 Å². The molecule has 132 valence electrons. The highest BCUT2D eigenvalue weighted by Crippen LogP contribution is 2.19. The molecular weight excluding hydrogens is 341 g/mol. The number of carbonyl (C=O) groups is 1. The van der Waals surface area contributed by atoms with Crippen molar-refractivity contribution in [3.05, 3.63) is 102 Å². The predicted octanol–water partition coefficient (Wildman–Crippen LogP) is 4.63. The van der Waals surface area contributed by atoms with Crippen LogP contribution in [0.3, 0.4) is 0 Å². The molecule has 1 heterocycles. The highest BCUT2D eigenvalue weighted by molar-refractivity contribution is 6.01. The second kappa shape index (κ2) is 7.25. The molecule has 0 aliphatic heterocycles. The van der Waals surface area contributed by atoms with E-state index in [1.165, 1.54) is 12.1 Å². The van der Waals surface area contributed by atoms with E-state index >= 15 is 0 Å². The summed E-state index contributed by atoms with van der Waals surface area (Å²) in [5.41, 5.74) is 3.46. The Balaban J connectivity index is 1.74. The van der Waals surface area contributed by atoms with Gasteiger partial charge in [-0.25, -0.2) is 9.37 Å². The van der Waals surface area contributed by atoms with Gasteiger partial charge in [0.1, 0.15) is 5.82 Å². The number of nitrogens with one attached hydrogen (secondary N) is 2. The number of halogens is 1. The lowest BCUT2D eigenvalue weighted by atomic mass is 10.1. The van der Waals surface area contributed by atoms with Crippen molar-refractivity contribution in [3.63, 3.8) is 0 Å². The van der Waals surface area contributed by atoms with Gasteiger partial charge in [0.25, 0.3) is 5.91 Å². The zero-order valence-electron chi connectivity index (χ0n) is 14.3. The molecule has 1 aromatic heterocycles. The number of nitrogens with zero attached hydrogens (tertiary/aromatic N) is 1.